The van der Waals surface area contributed by atoms with Crippen LogP contribution < -0.4 is 5.32 Å². The molecular formula is C34H18F2N4. The van der Waals surface area contributed by atoms with Crippen molar-refractivity contribution in [3.05, 3.63) is 131 Å². The Labute approximate surface area is 229 Å². The topological polar surface area (TPSA) is 72.0 Å². The van der Waals surface area contributed by atoms with Gasteiger partial charge in [-0.2, -0.15) is 15.5 Å². The molecule has 40 heavy (non-hydrogen) atoms. The van der Waals surface area contributed by atoms with Crippen LogP contribution in [0.4, 0.5) is 8.78 Å². The second-order valence-corrected chi connectivity index (χ2v) is 9.82. The summed E-state index contributed by atoms with van der Waals surface area (Å²) in [6.07, 6.45) is 4.05. The van der Waals surface area contributed by atoms with Crippen LogP contribution >= 0.6 is 0 Å². The van der Waals surface area contributed by atoms with Crippen molar-refractivity contribution >= 4 is 5.71 Å². The van der Waals surface area contributed by atoms with E-state index in [1.807, 2.05) is 60.8 Å². The number of rotatable bonds is 3. The van der Waals surface area contributed by atoms with E-state index in [-0.39, 0.29) is 17.7 Å². The van der Waals surface area contributed by atoms with E-state index in [0.717, 1.165) is 66.8 Å². The lowest BCUT2D eigenvalue weighted by atomic mass is 9.96. The molecule has 0 amide bonds. The molecule has 0 fully saturated rings. The first-order valence-electron chi connectivity index (χ1n) is 12.7. The molecule has 4 nitrogen and oxygen atoms in total. The van der Waals surface area contributed by atoms with Gasteiger partial charge in [0.2, 0.25) is 6.19 Å². The van der Waals surface area contributed by atoms with Crippen LogP contribution in [0.5, 0.6) is 0 Å². The number of nitriles is 2. The van der Waals surface area contributed by atoms with Crippen LogP contribution in [0, 0.1) is 34.5 Å². The number of nitrogens with zero attached hydrogens (tertiary/aromatic N) is 3. The first-order chi connectivity index (χ1) is 19.6. The number of aliphatic imine (C=N–C) groups is 1. The van der Waals surface area contributed by atoms with Gasteiger partial charge in [-0.25, -0.2) is 8.78 Å². The lowest BCUT2D eigenvalue weighted by Crippen LogP contribution is -2.14. The molecule has 5 aromatic carbocycles. The van der Waals surface area contributed by atoms with Gasteiger partial charge in [-0.15, -0.1) is 0 Å². The van der Waals surface area contributed by atoms with Crippen LogP contribution in [0.1, 0.15) is 28.3 Å². The Morgan fingerprint density at radius 3 is 1.82 bits per heavy atom. The minimum atomic E-state index is -0.388. The van der Waals surface area contributed by atoms with Crippen molar-refractivity contribution in [3.63, 3.8) is 0 Å². The molecule has 0 saturated heterocycles. The highest BCUT2D eigenvalue weighted by molar-refractivity contribution is 6.26. The zero-order chi connectivity index (χ0) is 27.4. The molecule has 6 heteroatoms. The van der Waals surface area contributed by atoms with E-state index in [1.165, 1.54) is 24.3 Å². The zero-order valence-corrected chi connectivity index (χ0v) is 20.9. The number of nitrogens with one attached hydrogen (secondary N) is 1. The molecule has 0 aromatic heterocycles. The van der Waals surface area contributed by atoms with E-state index < -0.39 is 0 Å². The molecular weight excluding hydrogens is 502 g/mol. The van der Waals surface area contributed by atoms with Crippen molar-refractivity contribution in [3.8, 4) is 56.9 Å². The van der Waals surface area contributed by atoms with Crippen molar-refractivity contribution < 1.29 is 8.78 Å². The van der Waals surface area contributed by atoms with Crippen LogP contribution in [0.2, 0.25) is 0 Å². The van der Waals surface area contributed by atoms with E-state index in [0.29, 0.717) is 5.71 Å². The molecule has 2 aliphatic carbocycles. The molecule has 188 valence electrons. The van der Waals surface area contributed by atoms with E-state index in [1.54, 1.807) is 12.1 Å². The van der Waals surface area contributed by atoms with Gasteiger partial charge in [-0.1, -0.05) is 48.5 Å². The molecule has 1 unspecified atom stereocenters. The Balaban J connectivity index is 1.39. The molecule has 5 aromatic rings. The Hall–Kier alpha value is -5.59. The zero-order valence-electron chi connectivity index (χ0n) is 20.9. The fourth-order valence-corrected chi connectivity index (χ4v) is 5.93. The maximum Gasteiger partial charge on any atom is 0.206 e. The third-order valence-electron chi connectivity index (χ3n) is 7.66. The molecule has 0 bridgehead atoms. The average Bonchev–Trinajstić information content (AvgIpc) is 3.43. The van der Waals surface area contributed by atoms with Gasteiger partial charge >= 0.3 is 0 Å². The summed E-state index contributed by atoms with van der Waals surface area (Å²) in [5, 5.41) is 22.1. The van der Waals surface area contributed by atoms with Crippen LogP contribution in [-0.2, 0) is 0 Å². The quantitative estimate of drug-likeness (QED) is 0.192. The second-order valence-electron chi connectivity index (χ2n) is 9.82. The van der Waals surface area contributed by atoms with Gasteiger partial charge in [0.05, 0.1) is 11.8 Å². The van der Waals surface area contributed by atoms with Gasteiger partial charge in [0, 0.05) is 11.1 Å². The highest BCUT2D eigenvalue weighted by Gasteiger charge is 2.34. The summed E-state index contributed by atoms with van der Waals surface area (Å²) in [5.74, 6) is -0.633. The first kappa shape index (κ1) is 23.5. The largest absolute Gasteiger partial charge is 0.312 e. The van der Waals surface area contributed by atoms with Crippen LogP contribution in [0.25, 0.3) is 44.5 Å². The molecule has 0 radical (unpaired) electrons. The number of fused-ring (bicyclic) bond motifs is 6. The van der Waals surface area contributed by atoms with Crippen LogP contribution in [0.3, 0.4) is 0 Å². The highest BCUT2D eigenvalue weighted by Crippen LogP contribution is 2.50. The number of benzene rings is 5. The third kappa shape index (κ3) is 3.59. The van der Waals surface area contributed by atoms with Gasteiger partial charge in [0.1, 0.15) is 11.6 Å². The molecule has 1 atom stereocenters. The SMILES string of the molecule is N#C/N=C1\c2cc(-c3cccc(F)c3)ccc2-c2cc3c(cc21)-c1ccc(-c2cccc(F)c2)cc1C3NC#N. The fourth-order valence-electron chi connectivity index (χ4n) is 5.93. The smallest absolute Gasteiger partial charge is 0.206 e. The molecule has 0 saturated carbocycles. The predicted octanol–water partition coefficient (Wildman–Crippen LogP) is 7.74. The Morgan fingerprint density at radius 1 is 0.575 bits per heavy atom. The summed E-state index contributed by atoms with van der Waals surface area (Å²) in [5.41, 5.74) is 10.9. The van der Waals surface area contributed by atoms with E-state index in [4.69, 9.17) is 0 Å². The van der Waals surface area contributed by atoms with Crippen LogP contribution in [-0.4, -0.2) is 5.71 Å². The lowest BCUT2D eigenvalue weighted by Gasteiger charge is -2.13. The molecule has 0 heterocycles. The Morgan fingerprint density at radius 2 is 1.18 bits per heavy atom. The molecule has 0 aliphatic heterocycles. The monoisotopic (exact) mass is 520 g/mol. The fraction of sp³-hybridized carbons (Fsp3) is 0.0294. The van der Waals surface area contributed by atoms with E-state index in [9.17, 15) is 19.3 Å². The van der Waals surface area contributed by atoms with E-state index >= 15 is 0 Å². The van der Waals surface area contributed by atoms with E-state index in [2.05, 4.69) is 22.6 Å². The van der Waals surface area contributed by atoms with Crippen LogP contribution in [0.15, 0.2) is 102 Å². The Bertz CT molecular complexity index is 2000. The first-order valence-corrected chi connectivity index (χ1v) is 12.7. The van der Waals surface area contributed by atoms with Crippen molar-refractivity contribution in [1.82, 2.24) is 5.32 Å². The summed E-state index contributed by atoms with van der Waals surface area (Å²) in [6, 6.07) is 28.3. The predicted molar refractivity (Wildman–Crippen MR) is 150 cm³/mol. The van der Waals surface area contributed by atoms with Gasteiger partial charge in [-0.05, 0) is 104 Å². The molecule has 2 aliphatic rings. The van der Waals surface area contributed by atoms with Crippen molar-refractivity contribution in [1.29, 1.82) is 10.5 Å². The van der Waals surface area contributed by atoms with Crippen molar-refractivity contribution in [2.45, 2.75) is 6.04 Å². The molecule has 1 N–H and O–H groups in total. The maximum atomic E-state index is 13.9. The van der Waals surface area contributed by atoms with Gasteiger partial charge in [0.15, 0.2) is 6.19 Å². The summed E-state index contributed by atoms with van der Waals surface area (Å²) >= 11 is 0. The standard InChI is InChI=1S/C34H18F2N4/c35-23-5-1-3-19(11-23)21-7-9-25-27-15-32-28(16-31(27)33(39-17-37)29(25)13-21)26-10-8-22(14-30(26)34(32)40-18-38)20-4-2-6-24(36)12-20/h1-16,33,39H/b40-34+. The summed E-state index contributed by atoms with van der Waals surface area (Å²) in [7, 11) is 0. The number of hydrogen-bond acceptors (Lipinski definition) is 4. The maximum absolute atomic E-state index is 13.9. The third-order valence-corrected chi connectivity index (χ3v) is 7.66. The number of hydrogen-bond donors (Lipinski definition) is 1. The van der Waals surface area contributed by atoms with Crippen molar-refractivity contribution in [2.75, 3.05) is 0 Å². The second kappa shape index (κ2) is 9.01. The number of halogens is 2. The normalized spacial score (nSPS) is 15.0. The molecule has 7 rings (SSSR count). The summed E-state index contributed by atoms with van der Waals surface area (Å²) in [4.78, 5) is 4.20. The average molecular weight is 521 g/mol. The minimum absolute atomic E-state index is 0.312. The highest BCUT2D eigenvalue weighted by atomic mass is 19.1. The Kier molecular flexibility index (Phi) is 5.30. The van der Waals surface area contributed by atoms with Gasteiger partial charge in [0.25, 0.3) is 0 Å². The van der Waals surface area contributed by atoms with Gasteiger partial charge < -0.3 is 5.32 Å². The minimum Gasteiger partial charge on any atom is -0.312 e. The molecule has 0 spiro atoms. The summed E-state index contributed by atoms with van der Waals surface area (Å²) in [6.45, 7) is 0. The lowest BCUT2D eigenvalue weighted by molar-refractivity contribution is 0.628. The van der Waals surface area contributed by atoms with Crippen molar-refractivity contribution in [2.24, 2.45) is 4.99 Å². The van der Waals surface area contributed by atoms with Gasteiger partial charge in [-0.3, -0.25) is 0 Å². The summed E-state index contributed by atoms with van der Waals surface area (Å²) < 4.78 is 27.8.